The molecule has 0 aromatic carbocycles. The molecule has 0 aromatic heterocycles. The highest BCUT2D eigenvalue weighted by Crippen LogP contribution is 2.31. The molecule has 1 amide bonds. The van der Waals surface area contributed by atoms with Gasteiger partial charge in [0.15, 0.2) is 0 Å². The molecular formula is C10H17ClN2O3S. The molecule has 2 fully saturated rings. The summed E-state index contributed by atoms with van der Waals surface area (Å²) in [4.78, 5) is 13.6. The molecular weight excluding hydrogens is 264 g/mol. The van der Waals surface area contributed by atoms with Gasteiger partial charge in [-0.05, 0) is 25.7 Å². The zero-order valence-corrected chi connectivity index (χ0v) is 11.1. The van der Waals surface area contributed by atoms with Crippen molar-refractivity contribution in [3.05, 3.63) is 0 Å². The molecule has 2 rings (SSSR count). The average Bonchev–Trinajstić information content (AvgIpc) is 3.13. The highest BCUT2D eigenvalue weighted by Gasteiger charge is 2.35. The van der Waals surface area contributed by atoms with Crippen LogP contribution in [0, 0.1) is 5.92 Å². The van der Waals surface area contributed by atoms with Crippen LogP contribution in [0.5, 0.6) is 0 Å². The number of carbonyl (C=O) groups excluding carboxylic acids is 1. The third-order valence-electron chi connectivity index (χ3n) is 3.22. The van der Waals surface area contributed by atoms with Gasteiger partial charge >= 0.3 is 0 Å². The maximum absolute atomic E-state index is 11.8. The van der Waals surface area contributed by atoms with Gasteiger partial charge in [-0.3, -0.25) is 4.79 Å². The minimum Gasteiger partial charge on any atom is -0.342 e. The third kappa shape index (κ3) is 3.56. The minimum atomic E-state index is -3.35. The van der Waals surface area contributed by atoms with Crippen LogP contribution in [0.25, 0.3) is 0 Å². The number of hydrogen-bond donors (Lipinski definition) is 1. The highest BCUT2D eigenvalue weighted by atomic mass is 35.5. The summed E-state index contributed by atoms with van der Waals surface area (Å²) < 4.78 is 25.1. The average molecular weight is 281 g/mol. The summed E-state index contributed by atoms with van der Waals surface area (Å²) in [6, 6.07) is -0.0815. The fourth-order valence-corrected chi connectivity index (χ4v) is 3.09. The zero-order chi connectivity index (χ0) is 12.5. The number of amides is 1. The number of piperidine rings is 1. The van der Waals surface area contributed by atoms with Gasteiger partial charge in [-0.25, -0.2) is 13.1 Å². The summed E-state index contributed by atoms with van der Waals surface area (Å²) in [6.45, 7) is 1.29. The topological polar surface area (TPSA) is 66.5 Å². The van der Waals surface area contributed by atoms with E-state index >= 15 is 0 Å². The largest absolute Gasteiger partial charge is 0.342 e. The molecule has 98 valence electrons. The Hall–Kier alpha value is -0.330. The molecule has 0 atom stereocenters. The van der Waals surface area contributed by atoms with E-state index in [1.165, 1.54) is 0 Å². The van der Waals surface area contributed by atoms with Crippen LogP contribution < -0.4 is 4.72 Å². The number of likely N-dealkylation sites (tertiary alicyclic amines) is 1. The fraction of sp³-hybridized carbons (Fsp3) is 0.900. The molecule has 2 aliphatic rings. The van der Waals surface area contributed by atoms with E-state index in [9.17, 15) is 13.2 Å². The summed E-state index contributed by atoms with van der Waals surface area (Å²) in [5.41, 5.74) is 0. The van der Waals surface area contributed by atoms with E-state index in [0.29, 0.717) is 25.9 Å². The van der Waals surface area contributed by atoms with Gasteiger partial charge in [0.25, 0.3) is 0 Å². The van der Waals surface area contributed by atoms with Gasteiger partial charge in [0, 0.05) is 25.0 Å². The van der Waals surface area contributed by atoms with Crippen LogP contribution in [0.4, 0.5) is 0 Å². The first-order valence-corrected chi connectivity index (χ1v) is 8.05. The molecule has 0 radical (unpaired) electrons. The molecule has 1 N–H and O–H groups in total. The number of carbonyl (C=O) groups is 1. The van der Waals surface area contributed by atoms with Crippen LogP contribution in [-0.4, -0.2) is 43.6 Å². The number of halogens is 1. The van der Waals surface area contributed by atoms with Crippen molar-refractivity contribution >= 4 is 27.5 Å². The molecule has 7 heteroatoms. The van der Waals surface area contributed by atoms with Crippen LogP contribution in [0.15, 0.2) is 0 Å². The quantitative estimate of drug-likeness (QED) is 0.763. The molecule has 1 saturated carbocycles. The van der Waals surface area contributed by atoms with Crippen molar-refractivity contribution in [1.82, 2.24) is 9.62 Å². The molecule has 1 heterocycles. The first kappa shape index (κ1) is 13.1. The molecule has 0 bridgehead atoms. The molecule has 0 unspecified atom stereocenters. The van der Waals surface area contributed by atoms with Crippen molar-refractivity contribution < 1.29 is 13.2 Å². The number of hydrogen-bond acceptors (Lipinski definition) is 3. The highest BCUT2D eigenvalue weighted by molar-refractivity contribution is 7.90. The van der Waals surface area contributed by atoms with Crippen LogP contribution in [0.3, 0.4) is 0 Å². The zero-order valence-electron chi connectivity index (χ0n) is 9.56. The van der Waals surface area contributed by atoms with E-state index in [1.807, 2.05) is 4.90 Å². The van der Waals surface area contributed by atoms with Crippen LogP contribution >= 0.6 is 11.6 Å². The predicted octanol–water partition coefficient (Wildman–Crippen LogP) is 0.503. The number of sulfonamides is 1. The summed E-state index contributed by atoms with van der Waals surface area (Å²) >= 11 is 5.33. The first-order valence-electron chi connectivity index (χ1n) is 5.86. The van der Waals surface area contributed by atoms with E-state index < -0.39 is 15.2 Å². The number of rotatable bonds is 4. The van der Waals surface area contributed by atoms with E-state index in [1.54, 1.807) is 0 Å². The van der Waals surface area contributed by atoms with Crippen molar-refractivity contribution in [2.45, 2.75) is 31.7 Å². The minimum absolute atomic E-state index is 0.0815. The molecule has 0 spiro atoms. The van der Waals surface area contributed by atoms with Crippen LogP contribution in [-0.2, 0) is 14.8 Å². The summed E-state index contributed by atoms with van der Waals surface area (Å²) in [5.74, 6) is 0.481. The van der Waals surface area contributed by atoms with E-state index in [2.05, 4.69) is 4.72 Å². The lowest BCUT2D eigenvalue weighted by molar-refractivity contribution is -0.133. The van der Waals surface area contributed by atoms with Crippen molar-refractivity contribution in [1.29, 1.82) is 0 Å². The van der Waals surface area contributed by atoms with Gasteiger partial charge in [-0.1, -0.05) is 0 Å². The summed E-state index contributed by atoms with van der Waals surface area (Å²) in [5, 5.41) is -0.409. The second kappa shape index (κ2) is 5.12. The van der Waals surface area contributed by atoms with Crippen molar-refractivity contribution in [2.75, 3.05) is 18.3 Å². The van der Waals surface area contributed by atoms with E-state index in [4.69, 9.17) is 11.6 Å². The standard InChI is InChI=1S/C10H17ClN2O3S/c11-7-17(15,16)12-9-3-5-13(6-4-9)10(14)8-1-2-8/h8-9,12H,1-7H2. The lowest BCUT2D eigenvalue weighted by atomic mass is 10.1. The number of alkyl halides is 1. The monoisotopic (exact) mass is 280 g/mol. The van der Waals surface area contributed by atoms with Gasteiger partial charge < -0.3 is 4.90 Å². The van der Waals surface area contributed by atoms with Gasteiger partial charge in [-0.2, -0.15) is 0 Å². The van der Waals surface area contributed by atoms with Gasteiger partial charge in [-0.15, -0.1) is 11.6 Å². The van der Waals surface area contributed by atoms with Gasteiger partial charge in [0.1, 0.15) is 5.21 Å². The maximum Gasteiger partial charge on any atom is 0.225 e. The molecule has 1 saturated heterocycles. The van der Waals surface area contributed by atoms with Crippen molar-refractivity contribution in [3.8, 4) is 0 Å². The molecule has 1 aliphatic carbocycles. The Morgan fingerprint density at radius 3 is 2.29 bits per heavy atom. The lowest BCUT2D eigenvalue weighted by Crippen LogP contribution is -2.47. The van der Waals surface area contributed by atoms with Crippen LogP contribution in [0.2, 0.25) is 0 Å². The Bertz CT molecular complexity index is 386. The van der Waals surface area contributed by atoms with E-state index in [0.717, 1.165) is 12.8 Å². The molecule has 17 heavy (non-hydrogen) atoms. The predicted molar refractivity (Wildman–Crippen MR) is 65.1 cm³/mol. The Morgan fingerprint density at radius 1 is 1.24 bits per heavy atom. The smallest absolute Gasteiger partial charge is 0.225 e. The second-order valence-corrected chi connectivity index (χ2v) is 7.05. The van der Waals surface area contributed by atoms with Crippen molar-refractivity contribution in [2.24, 2.45) is 5.92 Å². The Labute approximate surface area is 107 Å². The van der Waals surface area contributed by atoms with Gasteiger partial charge in [0.05, 0.1) is 0 Å². The molecule has 0 aromatic rings. The Balaban J connectivity index is 1.79. The number of nitrogens with zero attached hydrogens (tertiary/aromatic N) is 1. The SMILES string of the molecule is O=C(C1CC1)N1CCC(NS(=O)(=O)CCl)CC1. The van der Waals surface area contributed by atoms with E-state index in [-0.39, 0.29) is 17.9 Å². The summed E-state index contributed by atoms with van der Waals surface area (Å²) in [6.07, 6.45) is 3.37. The second-order valence-electron chi connectivity index (χ2n) is 4.72. The lowest BCUT2D eigenvalue weighted by Gasteiger charge is -2.32. The third-order valence-corrected chi connectivity index (χ3v) is 5.06. The van der Waals surface area contributed by atoms with Gasteiger partial charge in [0.2, 0.25) is 15.9 Å². The van der Waals surface area contributed by atoms with Crippen LogP contribution in [0.1, 0.15) is 25.7 Å². The first-order chi connectivity index (χ1) is 8.02. The van der Waals surface area contributed by atoms with Crippen molar-refractivity contribution in [3.63, 3.8) is 0 Å². The molecule has 1 aliphatic heterocycles. The normalized spacial score (nSPS) is 22.8. The summed E-state index contributed by atoms with van der Waals surface area (Å²) in [7, 11) is -3.35. The Morgan fingerprint density at radius 2 is 1.82 bits per heavy atom. The maximum atomic E-state index is 11.8. The fourth-order valence-electron chi connectivity index (χ4n) is 2.09. The Kier molecular flexibility index (Phi) is 3.95. The number of nitrogens with one attached hydrogen (secondary N) is 1. The molecule has 5 nitrogen and oxygen atoms in total.